The summed E-state index contributed by atoms with van der Waals surface area (Å²) >= 11 is 6.23. The van der Waals surface area contributed by atoms with Gasteiger partial charge in [0.1, 0.15) is 17.1 Å². The van der Waals surface area contributed by atoms with Crippen molar-refractivity contribution in [2.75, 3.05) is 13.7 Å². The lowest BCUT2D eigenvalue weighted by Crippen LogP contribution is -2.36. The molecule has 8 heteroatoms. The van der Waals surface area contributed by atoms with Crippen molar-refractivity contribution in [3.8, 4) is 17.0 Å². The summed E-state index contributed by atoms with van der Waals surface area (Å²) in [6, 6.07) is 9.38. The summed E-state index contributed by atoms with van der Waals surface area (Å²) in [6.07, 6.45) is 5.35. The number of rotatable bonds is 4. The predicted molar refractivity (Wildman–Crippen MR) is 109 cm³/mol. The fourth-order valence-corrected chi connectivity index (χ4v) is 4.03. The Hall–Kier alpha value is -2.80. The van der Waals surface area contributed by atoms with Crippen LogP contribution < -0.4 is 4.74 Å². The highest BCUT2D eigenvalue weighted by Gasteiger charge is 2.32. The van der Waals surface area contributed by atoms with Crippen molar-refractivity contribution >= 4 is 17.5 Å². The molecule has 152 valence electrons. The monoisotopic (exact) mass is 414 g/mol. The molecule has 1 unspecified atom stereocenters. The molecule has 0 bridgehead atoms. The highest BCUT2D eigenvalue weighted by molar-refractivity contribution is 6.33. The minimum Gasteiger partial charge on any atom is -0.497 e. The quantitative estimate of drug-likeness (QED) is 0.628. The van der Waals surface area contributed by atoms with E-state index in [4.69, 9.17) is 20.9 Å². The molecule has 2 aromatic heterocycles. The molecular formula is C21H23ClN4O3. The summed E-state index contributed by atoms with van der Waals surface area (Å²) in [6.45, 7) is 0.642. The summed E-state index contributed by atoms with van der Waals surface area (Å²) in [7, 11) is 3.36. The van der Waals surface area contributed by atoms with Crippen molar-refractivity contribution in [1.82, 2.24) is 19.8 Å². The highest BCUT2D eigenvalue weighted by atomic mass is 35.5. The van der Waals surface area contributed by atoms with E-state index in [1.54, 1.807) is 14.2 Å². The fourth-order valence-electron chi connectivity index (χ4n) is 3.78. The van der Waals surface area contributed by atoms with E-state index in [1.165, 1.54) is 10.9 Å². The lowest BCUT2D eigenvalue weighted by atomic mass is 10.1. The maximum absolute atomic E-state index is 13.3. The first kappa shape index (κ1) is 19.5. The molecule has 3 aromatic rings. The number of carbonyl (C=O) groups is 1. The molecule has 29 heavy (non-hydrogen) atoms. The summed E-state index contributed by atoms with van der Waals surface area (Å²) in [4.78, 5) is 15.1. The molecule has 1 amide bonds. The van der Waals surface area contributed by atoms with Gasteiger partial charge in [-0.2, -0.15) is 5.10 Å². The largest absolute Gasteiger partial charge is 0.497 e. The summed E-state index contributed by atoms with van der Waals surface area (Å²) in [5, 5.41) is 8.70. The summed E-state index contributed by atoms with van der Waals surface area (Å²) in [5.41, 5.74) is 2.06. The van der Waals surface area contributed by atoms with Crippen LogP contribution in [0.15, 0.2) is 41.1 Å². The van der Waals surface area contributed by atoms with Crippen LogP contribution in [0.25, 0.3) is 11.3 Å². The van der Waals surface area contributed by atoms with E-state index < -0.39 is 0 Å². The van der Waals surface area contributed by atoms with Crippen molar-refractivity contribution in [2.24, 2.45) is 7.05 Å². The minimum absolute atomic E-state index is 0.135. The second kappa shape index (κ2) is 8.29. The highest BCUT2D eigenvalue weighted by Crippen LogP contribution is 2.34. The lowest BCUT2D eigenvalue weighted by Gasteiger charge is -2.28. The lowest BCUT2D eigenvalue weighted by molar-refractivity contribution is 0.0640. The Kier molecular flexibility index (Phi) is 5.58. The topological polar surface area (TPSA) is 73.4 Å². The van der Waals surface area contributed by atoms with Gasteiger partial charge in [0.15, 0.2) is 5.76 Å². The molecule has 0 aliphatic carbocycles. The van der Waals surface area contributed by atoms with E-state index >= 15 is 0 Å². The number of amides is 1. The van der Waals surface area contributed by atoms with Gasteiger partial charge in [0.05, 0.1) is 24.4 Å². The molecular weight excluding hydrogens is 392 g/mol. The maximum Gasteiger partial charge on any atom is 0.274 e. The van der Waals surface area contributed by atoms with Gasteiger partial charge in [-0.3, -0.25) is 9.48 Å². The number of hydrogen-bond acceptors (Lipinski definition) is 5. The molecule has 7 nitrogen and oxygen atoms in total. The molecule has 1 aliphatic rings. The van der Waals surface area contributed by atoms with Gasteiger partial charge in [-0.25, -0.2) is 0 Å². The van der Waals surface area contributed by atoms with E-state index in [9.17, 15) is 4.79 Å². The summed E-state index contributed by atoms with van der Waals surface area (Å²) in [5.74, 6) is 1.33. The molecule has 1 aliphatic heterocycles. The van der Waals surface area contributed by atoms with Gasteiger partial charge >= 0.3 is 0 Å². The number of halogens is 1. The SMILES string of the molecule is COc1ccc(-c2cc(C3CCCCCN3C(=O)c3c(Cl)cnn3C)on2)cc1. The zero-order valence-electron chi connectivity index (χ0n) is 16.5. The zero-order valence-corrected chi connectivity index (χ0v) is 17.2. The maximum atomic E-state index is 13.3. The summed E-state index contributed by atoms with van der Waals surface area (Å²) < 4.78 is 12.4. The van der Waals surface area contributed by atoms with E-state index in [1.807, 2.05) is 35.2 Å². The van der Waals surface area contributed by atoms with Crippen LogP contribution in [0.5, 0.6) is 5.75 Å². The Balaban J connectivity index is 1.64. The third-order valence-corrected chi connectivity index (χ3v) is 5.63. The third kappa shape index (κ3) is 3.87. The number of ether oxygens (including phenoxy) is 1. The average molecular weight is 415 g/mol. The molecule has 0 saturated carbocycles. The van der Waals surface area contributed by atoms with Gasteiger partial charge in [0.25, 0.3) is 5.91 Å². The van der Waals surface area contributed by atoms with Crippen molar-refractivity contribution in [3.63, 3.8) is 0 Å². The number of methoxy groups -OCH3 is 1. The number of hydrogen-bond donors (Lipinski definition) is 0. The molecule has 0 spiro atoms. The van der Waals surface area contributed by atoms with Crippen LogP contribution in [0, 0.1) is 0 Å². The minimum atomic E-state index is -0.185. The number of benzene rings is 1. The molecule has 1 aromatic carbocycles. The van der Waals surface area contributed by atoms with Crippen LogP contribution in [-0.2, 0) is 7.05 Å². The van der Waals surface area contributed by atoms with E-state index in [2.05, 4.69) is 10.3 Å². The van der Waals surface area contributed by atoms with Crippen LogP contribution >= 0.6 is 11.6 Å². The molecule has 0 radical (unpaired) electrons. The number of aryl methyl sites for hydroxylation is 1. The van der Waals surface area contributed by atoms with Crippen molar-refractivity contribution in [2.45, 2.75) is 31.7 Å². The third-order valence-electron chi connectivity index (χ3n) is 5.35. The van der Waals surface area contributed by atoms with Gasteiger partial charge in [-0.1, -0.05) is 29.6 Å². The average Bonchev–Trinajstić information content (AvgIpc) is 3.26. The van der Waals surface area contributed by atoms with Crippen LogP contribution in [0.4, 0.5) is 0 Å². The van der Waals surface area contributed by atoms with Gasteiger partial charge < -0.3 is 14.2 Å². The smallest absolute Gasteiger partial charge is 0.274 e. The molecule has 1 atom stereocenters. The number of aromatic nitrogens is 3. The Morgan fingerprint density at radius 1 is 1.24 bits per heavy atom. The Morgan fingerprint density at radius 2 is 2.03 bits per heavy atom. The van der Waals surface area contributed by atoms with Crippen LogP contribution in [0.3, 0.4) is 0 Å². The van der Waals surface area contributed by atoms with Crippen LogP contribution in [-0.4, -0.2) is 39.4 Å². The number of carbonyl (C=O) groups excluding carboxylic acids is 1. The van der Waals surface area contributed by atoms with Gasteiger partial charge in [0.2, 0.25) is 0 Å². The van der Waals surface area contributed by atoms with Gasteiger partial charge in [-0.15, -0.1) is 0 Å². The van der Waals surface area contributed by atoms with E-state index in [0.29, 0.717) is 23.0 Å². The van der Waals surface area contributed by atoms with Crippen molar-refractivity contribution < 1.29 is 14.1 Å². The van der Waals surface area contributed by atoms with E-state index in [-0.39, 0.29) is 11.9 Å². The Morgan fingerprint density at radius 3 is 2.72 bits per heavy atom. The van der Waals surface area contributed by atoms with Crippen LogP contribution in [0.1, 0.15) is 48.0 Å². The first-order valence-corrected chi connectivity index (χ1v) is 10.1. The zero-order chi connectivity index (χ0) is 20.4. The normalized spacial score (nSPS) is 17.2. The van der Waals surface area contributed by atoms with Crippen molar-refractivity contribution in [1.29, 1.82) is 0 Å². The van der Waals surface area contributed by atoms with Crippen molar-refractivity contribution in [3.05, 3.63) is 53.0 Å². The molecule has 1 saturated heterocycles. The standard InChI is InChI=1S/C21H23ClN4O3/c1-25-20(16(22)13-23-25)21(27)26-11-5-3-4-6-18(26)19-12-17(24-29-19)14-7-9-15(28-2)10-8-14/h7-10,12-13,18H,3-6,11H2,1-2H3. The first-order valence-electron chi connectivity index (χ1n) is 9.68. The predicted octanol–water partition coefficient (Wildman–Crippen LogP) is 4.49. The second-order valence-corrected chi connectivity index (χ2v) is 7.58. The number of nitrogens with zero attached hydrogens (tertiary/aromatic N) is 4. The van der Waals surface area contributed by atoms with E-state index in [0.717, 1.165) is 42.7 Å². The first-order chi connectivity index (χ1) is 14.1. The second-order valence-electron chi connectivity index (χ2n) is 7.17. The molecule has 3 heterocycles. The molecule has 1 fully saturated rings. The molecule has 4 rings (SSSR count). The van der Waals surface area contributed by atoms with Gasteiger partial charge in [0, 0.05) is 25.2 Å². The fraction of sp³-hybridized carbons (Fsp3) is 0.381. The number of likely N-dealkylation sites (tertiary alicyclic amines) is 1. The Bertz CT molecular complexity index is 976. The van der Waals surface area contributed by atoms with Gasteiger partial charge in [-0.05, 0) is 37.1 Å². The molecule has 0 N–H and O–H groups in total. The van der Waals surface area contributed by atoms with Crippen LogP contribution in [0.2, 0.25) is 5.02 Å². The Labute approximate surface area is 174 Å².